The average molecular weight is 327 g/mol. The van der Waals surface area contributed by atoms with E-state index in [0.29, 0.717) is 0 Å². The van der Waals surface area contributed by atoms with Crippen LogP contribution in [0.3, 0.4) is 0 Å². The van der Waals surface area contributed by atoms with Gasteiger partial charge in [0.2, 0.25) is 0 Å². The maximum absolute atomic E-state index is 10.9. The largest absolute Gasteiger partial charge is 0.484 e. The lowest BCUT2D eigenvalue weighted by molar-refractivity contribution is -0.385. The van der Waals surface area contributed by atoms with Crippen LogP contribution >= 0.6 is 0 Å². The molecule has 0 aliphatic carbocycles. The second kappa shape index (κ2) is 7.21. The zero-order chi connectivity index (χ0) is 17.0. The Morgan fingerprint density at radius 1 is 1.27 bits per heavy atom. The van der Waals surface area contributed by atoms with E-state index in [-0.39, 0.29) is 29.7 Å². The Labute approximate surface area is 132 Å². The SMILES string of the molecule is CC(C)(C)[Si](C)(C)OCC(O)COc1ccccc1[N+](=O)[O-]. The highest BCUT2D eigenvalue weighted by Crippen LogP contribution is 2.36. The number of hydrogen-bond donors (Lipinski definition) is 1. The van der Waals surface area contributed by atoms with Crippen LogP contribution in [0.2, 0.25) is 18.1 Å². The molecule has 0 heterocycles. The number of nitrogens with zero attached hydrogens (tertiary/aromatic N) is 1. The Kier molecular flexibility index (Phi) is 6.10. The van der Waals surface area contributed by atoms with Crippen molar-refractivity contribution >= 4 is 14.0 Å². The van der Waals surface area contributed by atoms with Crippen LogP contribution in [0, 0.1) is 10.1 Å². The van der Waals surface area contributed by atoms with Gasteiger partial charge in [0.05, 0.1) is 11.5 Å². The molecule has 0 saturated heterocycles. The molecule has 0 aromatic heterocycles. The molecule has 22 heavy (non-hydrogen) atoms. The summed E-state index contributed by atoms with van der Waals surface area (Å²) < 4.78 is 11.3. The van der Waals surface area contributed by atoms with Crippen molar-refractivity contribution in [2.45, 2.75) is 45.0 Å². The molecule has 0 radical (unpaired) electrons. The van der Waals surface area contributed by atoms with E-state index < -0.39 is 19.3 Å². The van der Waals surface area contributed by atoms with E-state index in [1.54, 1.807) is 12.1 Å². The van der Waals surface area contributed by atoms with E-state index in [9.17, 15) is 15.2 Å². The van der Waals surface area contributed by atoms with E-state index in [1.165, 1.54) is 12.1 Å². The summed E-state index contributed by atoms with van der Waals surface area (Å²) in [7, 11) is -1.93. The van der Waals surface area contributed by atoms with Crippen molar-refractivity contribution in [1.29, 1.82) is 0 Å². The lowest BCUT2D eigenvalue weighted by Crippen LogP contribution is -2.43. The topological polar surface area (TPSA) is 81.8 Å². The molecule has 0 bridgehead atoms. The fourth-order valence-electron chi connectivity index (χ4n) is 1.49. The van der Waals surface area contributed by atoms with Gasteiger partial charge in [-0.2, -0.15) is 0 Å². The van der Waals surface area contributed by atoms with E-state index >= 15 is 0 Å². The van der Waals surface area contributed by atoms with Crippen LogP contribution in [0.4, 0.5) is 5.69 Å². The quantitative estimate of drug-likeness (QED) is 0.472. The molecule has 1 atom stereocenters. The minimum absolute atomic E-state index is 0.0422. The molecule has 7 heteroatoms. The molecule has 1 aromatic rings. The van der Waals surface area contributed by atoms with Crippen LogP contribution < -0.4 is 4.74 Å². The molecule has 1 unspecified atom stereocenters. The molecule has 0 spiro atoms. The number of nitro groups is 1. The first kappa shape index (κ1) is 18.6. The van der Waals surface area contributed by atoms with Gasteiger partial charge in [0.15, 0.2) is 14.1 Å². The molecule has 0 saturated carbocycles. The molecular formula is C15H25NO5Si. The summed E-state index contributed by atoms with van der Waals surface area (Å²) in [6, 6.07) is 6.11. The summed E-state index contributed by atoms with van der Waals surface area (Å²) in [6.45, 7) is 10.7. The molecule has 1 N–H and O–H groups in total. The lowest BCUT2D eigenvalue weighted by Gasteiger charge is -2.36. The third kappa shape index (κ3) is 5.08. The van der Waals surface area contributed by atoms with Crippen molar-refractivity contribution < 1.29 is 19.2 Å². The first-order chi connectivity index (χ1) is 10.0. The van der Waals surface area contributed by atoms with Gasteiger partial charge in [-0.05, 0) is 24.2 Å². The minimum Gasteiger partial charge on any atom is -0.484 e. The van der Waals surface area contributed by atoms with Crippen LogP contribution in [0.25, 0.3) is 0 Å². The Bertz CT molecular complexity index is 513. The number of para-hydroxylation sites is 2. The van der Waals surface area contributed by atoms with Gasteiger partial charge >= 0.3 is 5.69 Å². The van der Waals surface area contributed by atoms with E-state index in [4.69, 9.17) is 9.16 Å². The van der Waals surface area contributed by atoms with Crippen LogP contribution in [0.1, 0.15) is 20.8 Å². The van der Waals surface area contributed by atoms with Crippen molar-refractivity contribution in [3.63, 3.8) is 0 Å². The van der Waals surface area contributed by atoms with E-state index in [0.717, 1.165) is 0 Å². The van der Waals surface area contributed by atoms with Crippen LogP contribution in [0.15, 0.2) is 24.3 Å². The molecular weight excluding hydrogens is 302 g/mol. The Balaban J connectivity index is 2.54. The zero-order valence-corrected chi connectivity index (χ0v) is 14.8. The van der Waals surface area contributed by atoms with E-state index in [2.05, 4.69) is 33.9 Å². The summed E-state index contributed by atoms with van der Waals surface area (Å²) in [5, 5.41) is 20.9. The maximum atomic E-state index is 10.9. The molecule has 1 rings (SSSR count). The maximum Gasteiger partial charge on any atom is 0.310 e. The van der Waals surface area contributed by atoms with Gasteiger partial charge in [-0.1, -0.05) is 32.9 Å². The van der Waals surface area contributed by atoms with Gasteiger partial charge in [-0.3, -0.25) is 10.1 Å². The van der Waals surface area contributed by atoms with E-state index in [1.807, 2.05) is 0 Å². The van der Waals surface area contributed by atoms with Crippen molar-refractivity contribution in [1.82, 2.24) is 0 Å². The average Bonchev–Trinajstić information content (AvgIpc) is 2.42. The molecule has 0 amide bonds. The monoisotopic (exact) mass is 327 g/mol. The Hall–Kier alpha value is -1.44. The Morgan fingerprint density at radius 2 is 1.86 bits per heavy atom. The highest BCUT2D eigenvalue weighted by molar-refractivity contribution is 6.74. The van der Waals surface area contributed by atoms with Crippen LogP contribution in [0.5, 0.6) is 5.75 Å². The molecule has 0 aliphatic rings. The second-order valence-corrected chi connectivity index (χ2v) is 11.6. The third-order valence-electron chi connectivity index (χ3n) is 3.94. The smallest absolute Gasteiger partial charge is 0.310 e. The summed E-state index contributed by atoms with van der Waals surface area (Å²) in [5.41, 5.74) is -0.111. The third-order valence-corrected chi connectivity index (χ3v) is 8.44. The normalized spacial score (nSPS) is 13.7. The van der Waals surface area contributed by atoms with Gasteiger partial charge < -0.3 is 14.3 Å². The fraction of sp³-hybridized carbons (Fsp3) is 0.600. The van der Waals surface area contributed by atoms with Gasteiger partial charge in [0.25, 0.3) is 0 Å². The molecule has 124 valence electrons. The van der Waals surface area contributed by atoms with Gasteiger partial charge in [0, 0.05) is 6.07 Å². The van der Waals surface area contributed by atoms with Gasteiger partial charge in [0.1, 0.15) is 12.7 Å². The standard InChI is InChI=1S/C15H25NO5Si/c1-15(2,3)22(4,5)21-11-12(17)10-20-14-9-7-6-8-13(14)16(18)19/h6-9,12,17H,10-11H2,1-5H3. The summed E-state index contributed by atoms with van der Waals surface area (Å²) in [4.78, 5) is 10.4. The van der Waals surface area contributed by atoms with Crippen LogP contribution in [-0.2, 0) is 4.43 Å². The molecule has 0 aliphatic heterocycles. The number of ether oxygens (including phenoxy) is 1. The number of benzene rings is 1. The molecule has 0 fully saturated rings. The number of aliphatic hydroxyl groups is 1. The van der Waals surface area contributed by atoms with Gasteiger partial charge in [-0.15, -0.1) is 0 Å². The second-order valence-electron chi connectivity index (χ2n) is 6.76. The summed E-state index contributed by atoms with van der Waals surface area (Å²) in [5.74, 6) is 0.152. The van der Waals surface area contributed by atoms with Crippen molar-refractivity contribution in [2.24, 2.45) is 0 Å². The highest BCUT2D eigenvalue weighted by Gasteiger charge is 2.37. The molecule has 6 nitrogen and oxygen atoms in total. The molecule has 1 aromatic carbocycles. The predicted octanol–water partition coefficient (Wildman–Crippen LogP) is 3.36. The first-order valence-corrected chi connectivity index (χ1v) is 10.1. The zero-order valence-electron chi connectivity index (χ0n) is 13.8. The minimum atomic E-state index is -1.93. The summed E-state index contributed by atoms with van der Waals surface area (Å²) >= 11 is 0. The number of hydrogen-bond acceptors (Lipinski definition) is 5. The fourth-order valence-corrected chi connectivity index (χ4v) is 2.53. The van der Waals surface area contributed by atoms with Crippen molar-refractivity contribution in [3.8, 4) is 5.75 Å². The summed E-state index contributed by atoms with van der Waals surface area (Å²) in [6.07, 6.45) is -0.825. The highest BCUT2D eigenvalue weighted by atomic mass is 28.4. The van der Waals surface area contributed by atoms with Crippen LogP contribution in [-0.4, -0.2) is 37.7 Å². The number of aliphatic hydroxyl groups excluding tert-OH is 1. The van der Waals surface area contributed by atoms with Crippen molar-refractivity contribution in [2.75, 3.05) is 13.2 Å². The Morgan fingerprint density at radius 3 is 2.41 bits per heavy atom. The van der Waals surface area contributed by atoms with Gasteiger partial charge in [-0.25, -0.2) is 0 Å². The first-order valence-electron chi connectivity index (χ1n) is 7.23. The van der Waals surface area contributed by atoms with Crippen molar-refractivity contribution in [3.05, 3.63) is 34.4 Å². The number of rotatable bonds is 7. The number of nitro benzene ring substituents is 1. The predicted molar refractivity (Wildman–Crippen MR) is 87.7 cm³/mol. The lowest BCUT2D eigenvalue weighted by atomic mass is 10.2.